The van der Waals surface area contributed by atoms with E-state index >= 15 is 0 Å². The van der Waals surface area contributed by atoms with Gasteiger partial charge in [-0.1, -0.05) is 12.2 Å². The van der Waals surface area contributed by atoms with E-state index in [0.29, 0.717) is 16.9 Å². The molecule has 34 heavy (non-hydrogen) atoms. The Morgan fingerprint density at radius 3 is 2.68 bits per heavy atom. The van der Waals surface area contributed by atoms with Gasteiger partial charge in [0.2, 0.25) is 5.91 Å². The van der Waals surface area contributed by atoms with Crippen molar-refractivity contribution in [3.63, 3.8) is 0 Å². The number of rotatable bonds is 5. The third kappa shape index (κ3) is 4.14. The zero-order chi connectivity index (χ0) is 24.7. The van der Waals surface area contributed by atoms with E-state index in [-0.39, 0.29) is 23.3 Å². The molecule has 1 unspecified atom stereocenters. The number of aromatic nitrogens is 2. The van der Waals surface area contributed by atoms with Crippen LogP contribution >= 0.6 is 0 Å². The number of nitrogens with one attached hydrogen (secondary N) is 2. The predicted molar refractivity (Wildman–Crippen MR) is 120 cm³/mol. The van der Waals surface area contributed by atoms with Crippen molar-refractivity contribution in [2.45, 2.75) is 24.9 Å². The first-order valence-electron chi connectivity index (χ1n) is 10.2. The molecule has 2 heterocycles. The maximum absolute atomic E-state index is 13.5. The van der Waals surface area contributed by atoms with Crippen molar-refractivity contribution < 1.29 is 27.5 Å². The van der Waals surface area contributed by atoms with Crippen molar-refractivity contribution in [2.24, 2.45) is 5.73 Å². The molecule has 0 fully saturated rings. The Morgan fingerprint density at radius 1 is 1.24 bits per heavy atom. The number of allylic oxidation sites excluding steroid dienone is 2. The lowest BCUT2D eigenvalue weighted by atomic mass is 9.70. The second-order valence-electron chi connectivity index (χ2n) is 8.05. The van der Waals surface area contributed by atoms with E-state index in [9.17, 15) is 22.8 Å². The third-order valence-corrected chi connectivity index (χ3v) is 5.91. The average molecular weight is 470 g/mol. The Bertz CT molecular complexity index is 1360. The minimum absolute atomic E-state index is 0.0175. The number of ether oxygens (including phenoxy) is 1. The van der Waals surface area contributed by atoms with Gasteiger partial charge in [-0.3, -0.25) is 9.59 Å². The van der Waals surface area contributed by atoms with Crippen molar-refractivity contribution in [1.29, 1.82) is 0 Å². The van der Waals surface area contributed by atoms with Gasteiger partial charge in [0.25, 0.3) is 5.91 Å². The van der Waals surface area contributed by atoms with Crippen LogP contribution in [0.4, 0.5) is 18.9 Å². The van der Waals surface area contributed by atoms with E-state index in [1.54, 1.807) is 25.3 Å². The molecule has 10 heteroatoms. The smallest absolute Gasteiger partial charge is 0.416 e. The second-order valence-corrected chi connectivity index (χ2v) is 8.05. The van der Waals surface area contributed by atoms with Crippen LogP contribution in [0, 0.1) is 0 Å². The zero-order valence-electron chi connectivity index (χ0n) is 18.3. The fourth-order valence-corrected chi connectivity index (χ4v) is 3.97. The molecule has 0 radical (unpaired) electrons. The molecule has 7 nitrogen and oxygen atoms in total. The summed E-state index contributed by atoms with van der Waals surface area (Å²) in [7, 11) is 1.23. The van der Waals surface area contributed by atoms with Crippen molar-refractivity contribution in [1.82, 2.24) is 9.97 Å². The van der Waals surface area contributed by atoms with Crippen LogP contribution in [0.5, 0.6) is 5.75 Å². The first-order chi connectivity index (χ1) is 16.0. The monoisotopic (exact) mass is 470 g/mol. The van der Waals surface area contributed by atoms with Gasteiger partial charge in [-0.2, -0.15) is 13.2 Å². The standard InChI is InChI=1S/C24H21F3N4O3/c1-13-3-5-23(22(28)33,15-8-16(24(25,26)27)10-18(9-15)34-2)11-19(13)21(32)31-17-7-14-4-6-29-20(14)30-12-17/h3-10,12H,11H2,1-2H3,(H2,28,33)(H,29,30)(H,31,32). The van der Waals surface area contributed by atoms with Gasteiger partial charge in [0.05, 0.1) is 30.0 Å². The zero-order valence-corrected chi connectivity index (χ0v) is 18.3. The molecule has 4 rings (SSSR count). The van der Waals surface area contributed by atoms with Crippen LogP contribution in [0.25, 0.3) is 11.0 Å². The van der Waals surface area contributed by atoms with Gasteiger partial charge in [-0.15, -0.1) is 0 Å². The van der Waals surface area contributed by atoms with Crippen molar-refractivity contribution >= 4 is 28.5 Å². The molecule has 1 aliphatic rings. The number of aromatic amines is 1. The summed E-state index contributed by atoms with van der Waals surface area (Å²) in [5, 5.41) is 3.53. The molecule has 1 atom stereocenters. The molecule has 4 N–H and O–H groups in total. The highest BCUT2D eigenvalue weighted by atomic mass is 19.4. The third-order valence-electron chi connectivity index (χ3n) is 5.91. The quantitative estimate of drug-likeness (QED) is 0.518. The Morgan fingerprint density at radius 2 is 2.00 bits per heavy atom. The van der Waals surface area contributed by atoms with Gasteiger partial charge in [0.1, 0.15) is 11.4 Å². The van der Waals surface area contributed by atoms with Crippen LogP contribution in [-0.2, 0) is 21.2 Å². The maximum atomic E-state index is 13.5. The Labute approximate surface area is 192 Å². The average Bonchev–Trinajstić information content (AvgIpc) is 3.26. The minimum atomic E-state index is -4.67. The number of pyridine rings is 1. The Kier molecular flexibility index (Phi) is 5.68. The van der Waals surface area contributed by atoms with E-state index in [1.165, 1.54) is 31.5 Å². The van der Waals surface area contributed by atoms with Gasteiger partial charge < -0.3 is 20.8 Å². The fraction of sp³-hybridized carbons (Fsp3) is 0.208. The molecule has 3 aromatic rings. The molecular weight excluding hydrogens is 449 g/mol. The van der Waals surface area contributed by atoms with Crippen LogP contribution in [-0.4, -0.2) is 28.9 Å². The number of alkyl halides is 3. The van der Waals surface area contributed by atoms with E-state index in [0.717, 1.165) is 17.5 Å². The molecule has 0 spiro atoms. The van der Waals surface area contributed by atoms with E-state index in [2.05, 4.69) is 15.3 Å². The summed E-state index contributed by atoms with van der Waals surface area (Å²) in [6, 6.07) is 6.54. The molecule has 0 aliphatic heterocycles. The number of primary amides is 1. The summed E-state index contributed by atoms with van der Waals surface area (Å²) in [5.41, 5.74) is 4.89. The number of carbonyl (C=O) groups is 2. The Balaban J connectivity index is 1.72. The summed E-state index contributed by atoms with van der Waals surface area (Å²) in [6.45, 7) is 1.68. The molecule has 2 aromatic heterocycles. The number of hydrogen-bond donors (Lipinski definition) is 3. The first kappa shape index (κ1) is 23.1. The van der Waals surface area contributed by atoms with Crippen molar-refractivity contribution in [3.8, 4) is 5.75 Å². The second kappa shape index (κ2) is 8.36. The molecule has 0 bridgehead atoms. The normalized spacial score (nSPS) is 18.3. The molecular formula is C24H21F3N4O3. The van der Waals surface area contributed by atoms with Crippen LogP contribution in [0.2, 0.25) is 0 Å². The van der Waals surface area contributed by atoms with Gasteiger partial charge in [0, 0.05) is 23.6 Å². The van der Waals surface area contributed by atoms with E-state index < -0.39 is 29.0 Å². The predicted octanol–water partition coefficient (Wildman–Crippen LogP) is 4.23. The number of anilines is 1. The number of amides is 2. The molecule has 0 saturated carbocycles. The van der Waals surface area contributed by atoms with Crippen LogP contribution in [0.3, 0.4) is 0 Å². The number of nitrogens with zero attached hydrogens (tertiary/aromatic N) is 1. The molecule has 1 aliphatic carbocycles. The summed E-state index contributed by atoms with van der Waals surface area (Å²) in [6.07, 6.45) is 1.25. The summed E-state index contributed by atoms with van der Waals surface area (Å²) in [4.78, 5) is 33.0. The number of benzene rings is 1. The topological polar surface area (TPSA) is 110 Å². The summed E-state index contributed by atoms with van der Waals surface area (Å²) >= 11 is 0. The van der Waals surface area contributed by atoms with Gasteiger partial charge in [-0.05, 0) is 48.4 Å². The first-order valence-corrected chi connectivity index (χ1v) is 10.2. The molecule has 0 saturated heterocycles. The summed E-state index contributed by atoms with van der Waals surface area (Å²) in [5.74, 6) is -1.48. The minimum Gasteiger partial charge on any atom is -0.497 e. The number of hydrogen-bond acceptors (Lipinski definition) is 4. The number of nitrogens with two attached hydrogens (primary N) is 1. The highest BCUT2D eigenvalue weighted by Crippen LogP contribution is 2.42. The highest BCUT2D eigenvalue weighted by Gasteiger charge is 2.42. The van der Waals surface area contributed by atoms with Crippen molar-refractivity contribution in [2.75, 3.05) is 12.4 Å². The largest absolute Gasteiger partial charge is 0.497 e. The maximum Gasteiger partial charge on any atom is 0.416 e. The lowest BCUT2D eigenvalue weighted by molar-refractivity contribution is -0.138. The lowest BCUT2D eigenvalue weighted by Gasteiger charge is -2.33. The molecule has 2 amide bonds. The van der Waals surface area contributed by atoms with Crippen LogP contribution in [0.1, 0.15) is 24.5 Å². The lowest BCUT2D eigenvalue weighted by Crippen LogP contribution is -2.42. The van der Waals surface area contributed by atoms with E-state index in [1.807, 2.05) is 0 Å². The molecule has 1 aromatic carbocycles. The summed E-state index contributed by atoms with van der Waals surface area (Å²) < 4.78 is 45.5. The van der Waals surface area contributed by atoms with Gasteiger partial charge in [-0.25, -0.2) is 4.98 Å². The molecule has 176 valence electrons. The number of halogens is 3. The fourth-order valence-electron chi connectivity index (χ4n) is 3.97. The number of H-pyrrole nitrogens is 1. The Hall–Kier alpha value is -4.08. The van der Waals surface area contributed by atoms with Gasteiger partial charge >= 0.3 is 6.18 Å². The van der Waals surface area contributed by atoms with Crippen molar-refractivity contribution in [3.05, 3.63) is 77.2 Å². The highest BCUT2D eigenvalue weighted by molar-refractivity contribution is 6.07. The SMILES string of the molecule is COc1cc(C(F)(F)F)cc(C2(C(N)=O)C=CC(C)=C(C(=O)Nc3cnc4[nH]ccc4c3)C2)c1. The van der Waals surface area contributed by atoms with Crippen LogP contribution < -0.4 is 15.8 Å². The van der Waals surface area contributed by atoms with Crippen LogP contribution in [0.15, 0.2) is 66.0 Å². The van der Waals surface area contributed by atoms with Gasteiger partial charge in [0.15, 0.2) is 0 Å². The van der Waals surface area contributed by atoms with E-state index in [4.69, 9.17) is 10.5 Å². The number of fused-ring (bicyclic) bond motifs is 1. The number of carbonyl (C=O) groups excluding carboxylic acids is 2. The number of methoxy groups -OCH3 is 1.